The highest BCUT2D eigenvalue weighted by Gasteiger charge is 2.34. The van der Waals surface area contributed by atoms with Gasteiger partial charge in [0.25, 0.3) is 0 Å². The molecule has 0 aliphatic rings. The van der Waals surface area contributed by atoms with Gasteiger partial charge in [-0.05, 0) is 25.3 Å². The minimum Gasteiger partial charge on any atom is -0.469 e. The number of rotatable bonds is 6. The lowest BCUT2D eigenvalue weighted by Crippen LogP contribution is -2.43. The van der Waals surface area contributed by atoms with Gasteiger partial charge in [0.1, 0.15) is 0 Å². The molecule has 0 aliphatic heterocycles. The second kappa shape index (κ2) is 7.04. The van der Waals surface area contributed by atoms with Crippen molar-refractivity contribution in [1.29, 1.82) is 0 Å². The van der Waals surface area contributed by atoms with E-state index in [1.54, 1.807) is 19.1 Å². The fraction of sp³-hybridized carbons (Fsp3) is 0.538. The van der Waals surface area contributed by atoms with Gasteiger partial charge in [-0.1, -0.05) is 13.0 Å². The summed E-state index contributed by atoms with van der Waals surface area (Å²) in [5.41, 5.74) is 0. The van der Waals surface area contributed by atoms with Gasteiger partial charge in [0.2, 0.25) is 15.9 Å². The number of carbonyl (C=O) groups excluding carboxylic acids is 2. The quantitative estimate of drug-likeness (QED) is 0.797. The molecular weight excluding hydrogens is 314 g/mol. The number of methoxy groups -OCH3 is 1. The molecule has 0 spiro atoms. The summed E-state index contributed by atoms with van der Waals surface area (Å²) in [5.74, 6) is -2.68. The number of hydrogen-bond donors (Lipinski definition) is 1. The first-order chi connectivity index (χ1) is 9.70. The highest BCUT2D eigenvalue weighted by molar-refractivity contribution is 7.90. The molecule has 0 aromatic carbocycles. The first-order valence-electron chi connectivity index (χ1n) is 6.37. The van der Waals surface area contributed by atoms with Crippen LogP contribution in [0.5, 0.6) is 0 Å². The molecule has 1 rings (SSSR count). The third-order valence-corrected chi connectivity index (χ3v) is 6.30. The first kappa shape index (κ1) is 17.6. The topological polar surface area (TPSA) is 89.5 Å². The Morgan fingerprint density at radius 2 is 1.90 bits per heavy atom. The number of esters is 1. The summed E-state index contributed by atoms with van der Waals surface area (Å²) in [4.78, 5) is 24.2. The van der Waals surface area contributed by atoms with Crippen LogP contribution < -0.4 is 4.72 Å². The molecule has 8 heteroatoms. The molecule has 0 unspecified atom stereocenters. The molecular formula is C13H19NO5S2. The number of amides is 1. The van der Waals surface area contributed by atoms with Gasteiger partial charge in [-0.2, -0.15) is 0 Å². The maximum Gasteiger partial charge on any atom is 0.309 e. The maximum absolute atomic E-state index is 12.1. The van der Waals surface area contributed by atoms with Gasteiger partial charge >= 0.3 is 5.97 Å². The highest BCUT2D eigenvalue weighted by Crippen LogP contribution is 2.21. The summed E-state index contributed by atoms with van der Waals surface area (Å²) in [5, 5.41) is 0.750. The Morgan fingerprint density at radius 3 is 2.38 bits per heavy atom. The second-order valence-electron chi connectivity index (χ2n) is 4.77. The van der Waals surface area contributed by atoms with Crippen LogP contribution in [-0.2, 0) is 24.3 Å². The molecule has 1 aromatic rings. The minimum atomic E-state index is -3.95. The summed E-state index contributed by atoms with van der Waals surface area (Å²) < 4.78 is 30.8. The van der Waals surface area contributed by atoms with Gasteiger partial charge in [-0.25, -0.2) is 8.42 Å². The smallest absolute Gasteiger partial charge is 0.309 e. The van der Waals surface area contributed by atoms with Crippen LogP contribution in [0, 0.1) is 5.92 Å². The van der Waals surface area contributed by atoms with Crippen molar-refractivity contribution in [2.45, 2.75) is 31.9 Å². The molecule has 0 saturated heterocycles. The van der Waals surface area contributed by atoms with E-state index in [1.807, 2.05) is 10.1 Å². The summed E-state index contributed by atoms with van der Waals surface area (Å²) in [7, 11) is -2.76. The monoisotopic (exact) mass is 333 g/mol. The molecule has 1 aromatic heterocycles. The van der Waals surface area contributed by atoms with Crippen molar-refractivity contribution in [3.63, 3.8) is 0 Å². The number of sulfonamides is 1. The fourth-order valence-corrected chi connectivity index (χ4v) is 3.71. The van der Waals surface area contributed by atoms with E-state index in [-0.39, 0.29) is 0 Å². The number of hydrogen-bond acceptors (Lipinski definition) is 6. The largest absolute Gasteiger partial charge is 0.469 e. The van der Waals surface area contributed by atoms with Crippen LogP contribution in [0.4, 0.5) is 0 Å². The van der Waals surface area contributed by atoms with Crippen LogP contribution in [-0.4, -0.2) is 32.7 Å². The SMILES string of the molecule is COC(=O)[C@H](C)[C@H](C)S(=O)(=O)NC(=O)[C@H](C)c1cccs1. The van der Waals surface area contributed by atoms with Crippen molar-refractivity contribution < 1.29 is 22.7 Å². The Morgan fingerprint density at radius 1 is 1.29 bits per heavy atom. The Hall–Kier alpha value is -1.41. The summed E-state index contributed by atoms with van der Waals surface area (Å²) in [6.45, 7) is 4.45. The molecule has 118 valence electrons. The zero-order chi connectivity index (χ0) is 16.2. The van der Waals surface area contributed by atoms with Gasteiger partial charge < -0.3 is 4.74 Å². The Bertz CT molecular complexity index is 594. The van der Waals surface area contributed by atoms with Gasteiger partial charge in [0, 0.05) is 4.88 Å². The molecule has 3 atom stereocenters. The summed E-state index contributed by atoms with van der Waals surface area (Å²) in [6, 6.07) is 3.56. The van der Waals surface area contributed by atoms with Gasteiger partial charge in [-0.3, -0.25) is 14.3 Å². The Balaban J connectivity index is 2.80. The van der Waals surface area contributed by atoms with E-state index in [0.29, 0.717) is 0 Å². The van der Waals surface area contributed by atoms with E-state index < -0.39 is 39.0 Å². The van der Waals surface area contributed by atoms with Gasteiger partial charge in [-0.15, -0.1) is 11.3 Å². The lowest BCUT2D eigenvalue weighted by atomic mass is 10.1. The van der Waals surface area contributed by atoms with Crippen molar-refractivity contribution in [1.82, 2.24) is 4.72 Å². The van der Waals surface area contributed by atoms with Gasteiger partial charge in [0.05, 0.1) is 24.2 Å². The zero-order valence-electron chi connectivity index (χ0n) is 12.3. The van der Waals surface area contributed by atoms with E-state index in [4.69, 9.17) is 0 Å². The van der Waals surface area contributed by atoms with Crippen LogP contribution in [0.25, 0.3) is 0 Å². The van der Waals surface area contributed by atoms with Crippen molar-refractivity contribution >= 4 is 33.2 Å². The molecule has 1 N–H and O–H groups in total. The third kappa shape index (κ3) is 4.28. The average molecular weight is 333 g/mol. The van der Waals surface area contributed by atoms with E-state index >= 15 is 0 Å². The molecule has 1 heterocycles. The summed E-state index contributed by atoms with van der Waals surface area (Å²) in [6.07, 6.45) is 0. The molecule has 0 aliphatic carbocycles. The Kier molecular flexibility index (Phi) is 5.91. The number of thiophene rings is 1. The van der Waals surface area contributed by atoms with E-state index in [0.717, 1.165) is 4.88 Å². The molecule has 0 bridgehead atoms. The first-order valence-corrected chi connectivity index (χ1v) is 8.80. The van der Waals surface area contributed by atoms with Crippen molar-refractivity contribution in [2.75, 3.05) is 7.11 Å². The molecule has 0 radical (unpaired) electrons. The maximum atomic E-state index is 12.1. The minimum absolute atomic E-state index is 0.569. The van der Waals surface area contributed by atoms with E-state index in [1.165, 1.54) is 32.3 Å². The highest BCUT2D eigenvalue weighted by atomic mass is 32.2. The molecule has 21 heavy (non-hydrogen) atoms. The standard InChI is InChI=1S/C13H19NO5S2/c1-8(13(16)19-4)10(3)21(17,18)14-12(15)9(2)11-6-5-7-20-11/h5-10H,1-4H3,(H,14,15)/t8-,9-,10+/m1/s1. The average Bonchev–Trinajstić information content (AvgIpc) is 2.97. The zero-order valence-corrected chi connectivity index (χ0v) is 14.0. The van der Waals surface area contributed by atoms with E-state index in [2.05, 4.69) is 4.74 Å². The molecule has 0 saturated carbocycles. The van der Waals surface area contributed by atoms with Gasteiger partial charge in [0.15, 0.2) is 0 Å². The molecule has 1 amide bonds. The predicted molar refractivity (Wildman–Crippen MR) is 80.4 cm³/mol. The van der Waals surface area contributed by atoms with Crippen LogP contribution in [0.3, 0.4) is 0 Å². The normalized spacial score (nSPS) is 15.8. The Labute approximate surface area is 128 Å². The summed E-state index contributed by atoms with van der Waals surface area (Å²) >= 11 is 1.38. The van der Waals surface area contributed by atoms with Crippen molar-refractivity contribution in [3.8, 4) is 0 Å². The predicted octanol–water partition coefficient (Wildman–Crippen LogP) is 1.50. The molecule has 6 nitrogen and oxygen atoms in total. The third-order valence-electron chi connectivity index (χ3n) is 3.37. The number of ether oxygens (including phenoxy) is 1. The number of carbonyl (C=O) groups is 2. The lowest BCUT2D eigenvalue weighted by Gasteiger charge is -2.19. The number of nitrogens with one attached hydrogen (secondary N) is 1. The molecule has 0 fully saturated rings. The van der Waals surface area contributed by atoms with Crippen LogP contribution >= 0.6 is 11.3 Å². The van der Waals surface area contributed by atoms with E-state index in [9.17, 15) is 18.0 Å². The fourth-order valence-electron chi connectivity index (χ4n) is 1.63. The second-order valence-corrected chi connectivity index (χ2v) is 7.78. The van der Waals surface area contributed by atoms with Crippen molar-refractivity contribution in [3.05, 3.63) is 22.4 Å². The lowest BCUT2D eigenvalue weighted by molar-refractivity contribution is -0.144. The van der Waals surface area contributed by atoms with Crippen LogP contribution in [0.1, 0.15) is 31.6 Å². The van der Waals surface area contributed by atoms with Crippen LogP contribution in [0.2, 0.25) is 0 Å². The van der Waals surface area contributed by atoms with Crippen molar-refractivity contribution in [2.24, 2.45) is 5.92 Å². The van der Waals surface area contributed by atoms with Crippen LogP contribution in [0.15, 0.2) is 17.5 Å².